The first-order valence-corrected chi connectivity index (χ1v) is 20.6. The number of allylic oxidation sites excluding steroid dienone is 2. The predicted octanol–water partition coefficient (Wildman–Crippen LogP) is 10.8. The van der Waals surface area contributed by atoms with Crippen molar-refractivity contribution in [3.63, 3.8) is 0 Å². The van der Waals surface area contributed by atoms with Crippen LogP contribution in [-0.4, -0.2) is 79.7 Å². The lowest BCUT2D eigenvalue weighted by Gasteiger charge is -2.22. The molecular weight excluding hydrogens is 645 g/mol. The van der Waals surface area contributed by atoms with Crippen LogP contribution in [0.2, 0.25) is 0 Å². The van der Waals surface area contributed by atoms with Crippen molar-refractivity contribution in [2.45, 2.75) is 136 Å². The zero-order valence-electron chi connectivity index (χ0n) is 32.1. The van der Waals surface area contributed by atoms with Crippen molar-refractivity contribution in [3.05, 3.63) is 59.7 Å². The highest BCUT2D eigenvalue weighted by Crippen LogP contribution is 2.15. The van der Waals surface area contributed by atoms with Gasteiger partial charge < -0.3 is 19.3 Å². The van der Waals surface area contributed by atoms with E-state index in [2.05, 4.69) is 30.9 Å². The molecule has 0 aromatic heterocycles. The number of unbranched alkanes of at least 4 members (excludes halogenated alkanes) is 13. The minimum absolute atomic E-state index is 0.114. The number of benzene rings is 1. The number of thioether (sulfide) groups is 1. The molecule has 0 radical (unpaired) electrons. The van der Waals surface area contributed by atoms with E-state index in [0.717, 1.165) is 89.6 Å². The van der Waals surface area contributed by atoms with Gasteiger partial charge in [-0.1, -0.05) is 120 Å². The molecule has 7 nitrogen and oxygen atoms in total. The molecule has 1 amide bonds. The maximum Gasteiger partial charge on any atom is 0.338 e. The first-order valence-electron chi connectivity index (χ1n) is 19.6. The highest BCUT2D eigenvalue weighted by Gasteiger charge is 2.14. The van der Waals surface area contributed by atoms with Gasteiger partial charge in [0.15, 0.2) is 0 Å². The monoisotopic (exact) mass is 715 g/mol. The number of amides is 1. The summed E-state index contributed by atoms with van der Waals surface area (Å²) in [5, 5.41) is 0.166. The van der Waals surface area contributed by atoms with Gasteiger partial charge in [-0.2, -0.15) is 0 Å². The van der Waals surface area contributed by atoms with E-state index < -0.39 is 0 Å². The summed E-state index contributed by atoms with van der Waals surface area (Å²) in [6.45, 7) is 7.51. The normalized spacial score (nSPS) is 11.5. The first-order chi connectivity index (χ1) is 24.4. The number of carbonyl (C=O) groups is 3. The molecular formula is C42H70N2O5S. The van der Waals surface area contributed by atoms with Gasteiger partial charge in [0.05, 0.1) is 5.56 Å². The summed E-state index contributed by atoms with van der Waals surface area (Å²) in [6, 6.07) is 7.71. The van der Waals surface area contributed by atoms with Gasteiger partial charge in [0.25, 0.3) is 5.24 Å². The van der Waals surface area contributed by atoms with Crippen LogP contribution in [0.4, 0.5) is 4.79 Å². The molecule has 0 spiro atoms. The van der Waals surface area contributed by atoms with Crippen molar-refractivity contribution in [1.29, 1.82) is 0 Å². The molecule has 0 fully saturated rings. The minimum atomic E-state index is -0.289. The lowest BCUT2D eigenvalue weighted by atomic mass is 10.1. The van der Waals surface area contributed by atoms with Crippen LogP contribution in [0.5, 0.6) is 0 Å². The third-order valence-electron chi connectivity index (χ3n) is 8.60. The Bertz CT molecular complexity index is 1060. The number of hydrogen-bond donors (Lipinski definition) is 0. The molecule has 0 saturated heterocycles. The quantitative estimate of drug-likeness (QED) is 0.0430. The lowest BCUT2D eigenvalue weighted by Crippen LogP contribution is -2.31. The highest BCUT2D eigenvalue weighted by molar-refractivity contribution is 8.13. The van der Waals surface area contributed by atoms with Crippen molar-refractivity contribution in [1.82, 2.24) is 9.80 Å². The zero-order valence-corrected chi connectivity index (χ0v) is 33.0. The Labute approximate surface area is 310 Å². The molecule has 0 aliphatic carbocycles. The molecule has 8 heteroatoms. The van der Waals surface area contributed by atoms with Gasteiger partial charge in [0, 0.05) is 31.8 Å². The average molecular weight is 715 g/mol. The summed E-state index contributed by atoms with van der Waals surface area (Å²) >= 11 is 1.41. The van der Waals surface area contributed by atoms with Crippen LogP contribution in [0, 0.1) is 0 Å². The molecule has 0 saturated carbocycles. The fraction of sp³-hybridized carbons (Fsp3) is 0.690. The molecule has 1 aromatic carbocycles. The SMILES string of the molecule is CCCCCC/C=C\COC(=O)CCCCCCCN(CCCCc1ccc(C(=O)OC/C=C\CCCCCC)cc1)C(=O)SCCN(C)C. The van der Waals surface area contributed by atoms with Crippen LogP contribution in [0.1, 0.15) is 145 Å². The van der Waals surface area contributed by atoms with Gasteiger partial charge >= 0.3 is 11.9 Å². The second-order valence-electron chi connectivity index (χ2n) is 13.5. The minimum Gasteiger partial charge on any atom is -0.461 e. The Morgan fingerprint density at radius 1 is 0.640 bits per heavy atom. The second kappa shape index (κ2) is 32.3. The van der Waals surface area contributed by atoms with Crippen LogP contribution < -0.4 is 0 Å². The van der Waals surface area contributed by atoms with E-state index >= 15 is 0 Å². The number of ether oxygens (including phenoxy) is 2. The van der Waals surface area contributed by atoms with Crippen LogP contribution in [0.25, 0.3) is 0 Å². The predicted molar refractivity (Wildman–Crippen MR) is 212 cm³/mol. The summed E-state index contributed by atoms with van der Waals surface area (Å²) < 4.78 is 10.7. The lowest BCUT2D eigenvalue weighted by molar-refractivity contribution is -0.142. The molecule has 0 unspecified atom stereocenters. The van der Waals surface area contributed by atoms with E-state index in [0.29, 0.717) is 25.2 Å². The van der Waals surface area contributed by atoms with Crippen LogP contribution in [0.3, 0.4) is 0 Å². The van der Waals surface area contributed by atoms with E-state index in [-0.39, 0.29) is 17.2 Å². The third-order valence-corrected chi connectivity index (χ3v) is 9.49. The number of carbonyl (C=O) groups excluding carboxylic acids is 3. The van der Waals surface area contributed by atoms with Gasteiger partial charge in [-0.25, -0.2) is 4.79 Å². The van der Waals surface area contributed by atoms with Gasteiger partial charge in [-0.05, 0) is 89.6 Å². The number of nitrogens with zero attached hydrogens (tertiary/aromatic N) is 2. The molecule has 0 aliphatic heterocycles. The van der Waals surface area contributed by atoms with Crippen molar-refractivity contribution in [2.75, 3.05) is 52.7 Å². The van der Waals surface area contributed by atoms with E-state index in [1.807, 2.05) is 55.4 Å². The molecule has 0 atom stereocenters. The van der Waals surface area contributed by atoms with Crippen LogP contribution in [-0.2, 0) is 20.7 Å². The van der Waals surface area contributed by atoms with E-state index in [4.69, 9.17) is 9.47 Å². The summed E-state index contributed by atoms with van der Waals surface area (Å²) in [5.41, 5.74) is 1.76. The Morgan fingerprint density at radius 3 is 1.82 bits per heavy atom. The largest absolute Gasteiger partial charge is 0.461 e. The fourth-order valence-corrected chi connectivity index (χ4v) is 6.41. The maximum atomic E-state index is 13.0. The first kappa shape index (κ1) is 45.4. The molecule has 0 bridgehead atoms. The molecule has 1 aromatic rings. The topological polar surface area (TPSA) is 76.1 Å². The van der Waals surface area contributed by atoms with Crippen LogP contribution >= 0.6 is 11.8 Å². The molecule has 284 valence electrons. The molecule has 0 aliphatic rings. The molecule has 50 heavy (non-hydrogen) atoms. The van der Waals surface area contributed by atoms with Gasteiger partial charge in [-0.15, -0.1) is 0 Å². The van der Waals surface area contributed by atoms with Gasteiger partial charge in [0.1, 0.15) is 13.2 Å². The average Bonchev–Trinajstić information content (AvgIpc) is 3.10. The van der Waals surface area contributed by atoms with Crippen molar-refractivity contribution in [3.8, 4) is 0 Å². The highest BCUT2D eigenvalue weighted by atomic mass is 32.2. The van der Waals surface area contributed by atoms with E-state index in [1.165, 1.54) is 68.7 Å². The summed E-state index contributed by atoms with van der Waals surface area (Å²) in [6.07, 6.45) is 28.4. The fourth-order valence-electron chi connectivity index (χ4n) is 5.41. The van der Waals surface area contributed by atoms with E-state index in [9.17, 15) is 14.4 Å². The molecule has 0 N–H and O–H groups in total. The Hall–Kier alpha value is -2.58. The smallest absolute Gasteiger partial charge is 0.338 e. The van der Waals surface area contributed by atoms with Crippen molar-refractivity contribution >= 4 is 28.9 Å². The number of esters is 2. The summed E-state index contributed by atoms with van der Waals surface area (Å²) in [5.74, 6) is 0.386. The molecule has 0 heterocycles. The summed E-state index contributed by atoms with van der Waals surface area (Å²) in [4.78, 5) is 41.6. The number of hydrogen-bond acceptors (Lipinski definition) is 7. The zero-order chi connectivity index (χ0) is 36.5. The maximum absolute atomic E-state index is 13.0. The van der Waals surface area contributed by atoms with E-state index in [1.54, 1.807) is 0 Å². The number of rotatable bonds is 31. The molecule has 1 rings (SSSR count). The van der Waals surface area contributed by atoms with Gasteiger partial charge in [0.2, 0.25) is 0 Å². The number of aryl methyl sites for hydroxylation is 1. The van der Waals surface area contributed by atoms with Crippen molar-refractivity contribution in [2.24, 2.45) is 0 Å². The Kier molecular flexibility index (Phi) is 29.4. The van der Waals surface area contributed by atoms with Gasteiger partial charge in [-0.3, -0.25) is 9.59 Å². The third kappa shape index (κ3) is 26.3. The Balaban J connectivity index is 2.32. The standard InChI is InChI=1S/C42H70N2O5S/c1-5-7-9-11-13-18-24-35-48-40(45)27-20-16-15-17-22-32-44(42(47)50-37-34-43(3)4)33-23-21-26-38-28-30-39(31-29-38)41(46)49-36-25-19-14-12-10-8-6-2/h18-19,24-25,28-31H,5-17,20-23,26-27,32-37H2,1-4H3/b24-18-,25-19-. The van der Waals surface area contributed by atoms with Crippen molar-refractivity contribution < 1.29 is 23.9 Å². The Morgan fingerprint density at radius 2 is 1.20 bits per heavy atom. The van der Waals surface area contributed by atoms with Crippen LogP contribution in [0.15, 0.2) is 48.6 Å². The second-order valence-corrected chi connectivity index (χ2v) is 14.5. The summed E-state index contributed by atoms with van der Waals surface area (Å²) in [7, 11) is 4.06.